The largest absolute Gasteiger partial charge is 0.457 e. The third kappa shape index (κ3) is 3.47. The van der Waals surface area contributed by atoms with Gasteiger partial charge in [0.25, 0.3) is 5.91 Å². The van der Waals surface area contributed by atoms with Gasteiger partial charge in [0.2, 0.25) is 0 Å². The number of furan rings is 1. The van der Waals surface area contributed by atoms with E-state index in [4.69, 9.17) is 21.9 Å². The maximum atomic E-state index is 11.0. The molecule has 2 aromatic rings. The zero-order valence-corrected chi connectivity index (χ0v) is 12.0. The molecule has 0 spiro atoms. The molecule has 0 unspecified atom stereocenters. The fourth-order valence-corrected chi connectivity index (χ4v) is 2.36. The molecule has 1 aromatic carbocycles. The van der Waals surface area contributed by atoms with Crippen LogP contribution in [0.4, 0.5) is 0 Å². The Labute approximate surface area is 123 Å². The van der Waals surface area contributed by atoms with Crippen LogP contribution >= 0.6 is 27.5 Å². The second-order valence-electron chi connectivity index (χ2n) is 3.67. The SMILES string of the molecule is NNC(=O)/C=C/c1ccc(-c2ccc(Cl)cc2Br)o1. The van der Waals surface area contributed by atoms with Crippen LogP contribution in [0, 0.1) is 0 Å². The molecule has 0 aliphatic rings. The summed E-state index contributed by atoms with van der Waals surface area (Å²) in [7, 11) is 0. The number of hydrogen-bond acceptors (Lipinski definition) is 3. The van der Waals surface area contributed by atoms with E-state index in [0.717, 1.165) is 10.0 Å². The first-order valence-corrected chi connectivity index (χ1v) is 6.51. The van der Waals surface area contributed by atoms with Crippen molar-refractivity contribution in [3.8, 4) is 11.3 Å². The van der Waals surface area contributed by atoms with E-state index in [9.17, 15) is 4.79 Å². The maximum Gasteiger partial charge on any atom is 0.258 e. The van der Waals surface area contributed by atoms with Crippen LogP contribution in [0.1, 0.15) is 5.76 Å². The van der Waals surface area contributed by atoms with Crippen molar-refractivity contribution in [2.75, 3.05) is 0 Å². The van der Waals surface area contributed by atoms with Gasteiger partial charge in [-0.05, 0) is 52.3 Å². The first-order chi connectivity index (χ1) is 9.10. The van der Waals surface area contributed by atoms with Gasteiger partial charge in [0.15, 0.2) is 0 Å². The standard InChI is InChI=1S/C13H10BrClN2O2/c14-11-7-8(15)1-4-10(11)12-5-2-9(19-12)3-6-13(18)17-16/h1-7H,16H2,(H,17,18)/b6-3+. The molecule has 0 radical (unpaired) electrons. The number of rotatable bonds is 3. The third-order valence-electron chi connectivity index (χ3n) is 2.36. The predicted molar refractivity (Wildman–Crippen MR) is 78.2 cm³/mol. The van der Waals surface area contributed by atoms with Crippen LogP contribution in [-0.4, -0.2) is 5.91 Å². The van der Waals surface area contributed by atoms with Crippen LogP contribution in [-0.2, 0) is 4.79 Å². The fraction of sp³-hybridized carbons (Fsp3) is 0. The smallest absolute Gasteiger partial charge is 0.258 e. The Kier molecular flexibility index (Phi) is 4.42. The number of carbonyl (C=O) groups is 1. The van der Waals surface area contributed by atoms with E-state index in [1.807, 2.05) is 17.6 Å². The van der Waals surface area contributed by atoms with E-state index < -0.39 is 5.91 Å². The molecule has 3 N–H and O–H groups in total. The number of carbonyl (C=O) groups excluding carboxylic acids is 1. The number of hydrazine groups is 1. The van der Waals surface area contributed by atoms with Crippen molar-refractivity contribution in [2.24, 2.45) is 5.84 Å². The molecular formula is C13H10BrClN2O2. The number of halogens is 2. The van der Waals surface area contributed by atoms with Gasteiger partial charge >= 0.3 is 0 Å². The molecule has 0 fully saturated rings. The molecule has 4 nitrogen and oxygen atoms in total. The van der Waals surface area contributed by atoms with Crippen molar-refractivity contribution in [1.29, 1.82) is 0 Å². The summed E-state index contributed by atoms with van der Waals surface area (Å²) in [5, 5.41) is 0.641. The number of amides is 1. The van der Waals surface area contributed by atoms with Gasteiger partial charge in [-0.2, -0.15) is 0 Å². The van der Waals surface area contributed by atoms with Crippen molar-refractivity contribution >= 4 is 39.5 Å². The second kappa shape index (κ2) is 6.06. The fourth-order valence-electron chi connectivity index (χ4n) is 1.48. The summed E-state index contributed by atoms with van der Waals surface area (Å²) in [6, 6.07) is 8.99. The summed E-state index contributed by atoms with van der Waals surface area (Å²) in [5.41, 5.74) is 2.88. The van der Waals surface area contributed by atoms with E-state index in [-0.39, 0.29) is 0 Å². The zero-order chi connectivity index (χ0) is 13.8. The normalized spacial score (nSPS) is 10.9. The second-order valence-corrected chi connectivity index (χ2v) is 4.96. The minimum atomic E-state index is -0.398. The first kappa shape index (κ1) is 13.9. The van der Waals surface area contributed by atoms with E-state index in [2.05, 4.69) is 15.9 Å². The van der Waals surface area contributed by atoms with E-state index in [1.165, 1.54) is 12.2 Å². The number of nitrogens with two attached hydrogens (primary N) is 1. The molecule has 0 bridgehead atoms. The van der Waals surface area contributed by atoms with Crippen molar-refractivity contribution in [3.63, 3.8) is 0 Å². The van der Waals surface area contributed by atoms with Crippen LogP contribution < -0.4 is 11.3 Å². The molecule has 1 heterocycles. The lowest BCUT2D eigenvalue weighted by atomic mass is 10.2. The van der Waals surface area contributed by atoms with Gasteiger partial charge < -0.3 is 4.42 Å². The van der Waals surface area contributed by atoms with Gasteiger partial charge in [-0.15, -0.1) is 0 Å². The molecule has 19 heavy (non-hydrogen) atoms. The quantitative estimate of drug-likeness (QED) is 0.389. The molecule has 1 amide bonds. The summed E-state index contributed by atoms with van der Waals surface area (Å²) in [6.07, 6.45) is 2.83. The van der Waals surface area contributed by atoms with E-state index >= 15 is 0 Å². The van der Waals surface area contributed by atoms with Gasteiger partial charge in [0.05, 0.1) is 0 Å². The highest BCUT2D eigenvalue weighted by Gasteiger charge is 2.07. The molecule has 6 heteroatoms. The molecule has 1 aromatic heterocycles. The first-order valence-electron chi connectivity index (χ1n) is 5.34. The van der Waals surface area contributed by atoms with Crippen molar-refractivity contribution in [1.82, 2.24) is 5.43 Å². The Balaban J connectivity index is 2.26. The molecule has 0 saturated heterocycles. The average molecular weight is 342 g/mol. The summed E-state index contributed by atoms with van der Waals surface area (Å²) < 4.78 is 6.44. The highest BCUT2D eigenvalue weighted by Crippen LogP contribution is 2.31. The topological polar surface area (TPSA) is 68.3 Å². The summed E-state index contributed by atoms with van der Waals surface area (Å²) in [5.74, 6) is 5.80. The lowest BCUT2D eigenvalue weighted by Crippen LogP contribution is -2.27. The monoisotopic (exact) mass is 340 g/mol. The van der Waals surface area contributed by atoms with Crippen molar-refractivity contribution in [2.45, 2.75) is 0 Å². The number of hydrogen-bond donors (Lipinski definition) is 2. The summed E-state index contributed by atoms with van der Waals surface area (Å²) >= 11 is 9.31. The summed E-state index contributed by atoms with van der Waals surface area (Å²) in [4.78, 5) is 11.0. The van der Waals surface area contributed by atoms with Crippen LogP contribution in [0.3, 0.4) is 0 Å². The van der Waals surface area contributed by atoms with Crippen LogP contribution in [0.15, 0.2) is 45.3 Å². The molecule has 0 aliphatic heterocycles. The molecule has 2 rings (SSSR count). The van der Waals surface area contributed by atoms with E-state index in [1.54, 1.807) is 18.2 Å². The van der Waals surface area contributed by atoms with E-state index in [0.29, 0.717) is 16.5 Å². The Morgan fingerprint density at radius 2 is 2.16 bits per heavy atom. The highest BCUT2D eigenvalue weighted by molar-refractivity contribution is 9.10. The molecule has 0 atom stereocenters. The van der Waals surface area contributed by atoms with Gasteiger partial charge in [-0.1, -0.05) is 11.6 Å². The zero-order valence-electron chi connectivity index (χ0n) is 9.69. The minimum Gasteiger partial charge on any atom is -0.457 e. The molecule has 0 aliphatic carbocycles. The average Bonchev–Trinajstić information content (AvgIpc) is 2.84. The Bertz CT molecular complexity index is 637. The number of nitrogens with one attached hydrogen (secondary N) is 1. The number of benzene rings is 1. The molecule has 98 valence electrons. The van der Waals surface area contributed by atoms with Gasteiger partial charge in [-0.25, -0.2) is 5.84 Å². The molecular weight excluding hydrogens is 332 g/mol. The Morgan fingerprint density at radius 3 is 2.84 bits per heavy atom. The van der Waals surface area contributed by atoms with Crippen LogP contribution in [0.2, 0.25) is 5.02 Å². The van der Waals surface area contributed by atoms with Crippen molar-refractivity contribution in [3.05, 3.63) is 51.7 Å². The van der Waals surface area contributed by atoms with Gasteiger partial charge in [0.1, 0.15) is 11.5 Å². The molecule has 0 saturated carbocycles. The predicted octanol–water partition coefficient (Wildman–Crippen LogP) is 3.37. The van der Waals surface area contributed by atoms with Crippen LogP contribution in [0.5, 0.6) is 0 Å². The van der Waals surface area contributed by atoms with Gasteiger partial charge in [-0.3, -0.25) is 10.2 Å². The lowest BCUT2D eigenvalue weighted by Gasteiger charge is -2.01. The van der Waals surface area contributed by atoms with Crippen LogP contribution in [0.25, 0.3) is 17.4 Å². The Morgan fingerprint density at radius 1 is 1.37 bits per heavy atom. The van der Waals surface area contributed by atoms with Crippen molar-refractivity contribution < 1.29 is 9.21 Å². The summed E-state index contributed by atoms with van der Waals surface area (Å²) in [6.45, 7) is 0. The minimum absolute atomic E-state index is 0.398. The lowest BCUT2D eigenvalue weighted by molar-refractivity contribution is -0.116. The highest BCUT2D eigenvalue weighted by atomic mass is 79.9. The Hall–Kier alpha value is -1.56. The maximum absolute atomic E-state index is 11.0. The van der Waals surface area contributed by atoms with Gasteiger partial charge in [0, 0.05) is 21.1 Å². The third-order valence-corrected chi connectivity index (χ3v) is 3.26.